The molecule has 1 aliphatic carbocycles. The van der Waals surface area contributed by atoms with E-state index in [0.717, 1.165) is 25.7 Å². The molecule has 0 radical (unpaired) electrons. The van der Waals surface area contributed by atoms with Crippen molar-refractivity contribution in [2.75, 3.05) is 5.32 Å². The highest BCUT2D eigenvalue weighted by molar-refractivity contribution is 6.42. The maximum absolute atomic E-state index is 11.7. The number of carbonyl (C=O) groups excluding carboxylic acids is 2. The number of halogens is 2. The topological polar surface area (TPSA) is 58.2 Å². The highest BCUT2D eigenvalue weighted by Crippen LogP contribution is 2.25. The van der Waals surface area contributed by atoms with Crippen LogP contribution in [-0.4, -0.2) is 17.9 Å². The zero-order valence-electron chi connectivity index (χ0n) is 10.2. The van der Waals surface area contributed by atoms with Crippen molar-refractivity contribution < 1.29 is 9.59 Å². The molecule has 2 rings (SSSR count). The Morgan fingerprint density at radius 1 is 1.05 bits per heavy atom. The predicted octanol–water partition coefficient (Wildman–Crippen LogP) is 2.99. The fourth-order valence-corrected chi connectivity index (χ4v) is 2.38. The van der Waals surface area contributed by atoms with E-state index in [9.17, 15) is 9.59 Å². The van der Waals surface area contributed by atoms with Crippen LogP contribution in [0.2, 0.25) is 10.0 Å². The van der Waals surface area contributed by atoms with Gasteiger partial charge >= 0.3 is 11.8 Å². The summed E-state index contributed by atoms with van der Waals surface area (Å²) in [5, 5.41) is 5.93. The fourth-order valence-electron chi connectivity index (χ4n) is 2.08. The lowest BCUT2D eigenvalue weighted by atomic mass is 10.2. The van der Waals surface area contributed by atoms with Crippen molar-refractivity contribution in [3.63, 3.8) is 0 Å². The Labute approximate surface area is 121 Å². The van der Waals surface area contributed by atoms with E-state index in [0.29, 0.717) is 15.7 Å². The van der Waals surface area contributed by atoms with Crippen LogP contribution < -0.4 is 10.6 Å². The number of rotatable bonds is 2. The van der Waals surface area contributed by atoms with E-state index in [4.69, 9.17) is 23.2 Å². The quantitative estimate of drug-likeness (QED) is 0.825. The van der Waals surface area contributed by atoms with Gasteiger partial charge in [0.15, 0.2) is 0 Å². The smallest absolute Gasteiger partial charge is 0.313 e. The molecular weight excluding hydrogens is 287 g/mol. The van der Waals surface area contributed by atoms with Crippen LogP contribution in [0.5, 0.6) is 0 Å². The minimum absolute atomic E-state index is 0.118. The van der Waals surface area contributed by atoms with Crippen molar-refractivity contribution in [2.45, 2.75) is 31.7 Å². The molecule has 102 valence electrons. The number of hydrogen-bond acceptors (Lipinski definition) is 2. The summed E-state index contributed by atoms with van der Waals surface area (Å²) in [6.45, 7) is 0. The van der Waals surface area contributed by atoms with Crippen LogP contribution in [0.15, 0.2) is 18.2 Å². The molecule has 0 heterocycles. The van der Waals surface area contributed by atoms with E-state index in [1.807, 2.05) is 0 Å². The van der Waals surface area contributed by atoms with Gasteiger partial charge in [0.2, 0.25) is 0 Å². The Morgan fingerprint density at radius 2 is 1.74 bits per heavy atom. The van der Waals surface area contributed by atoms with Gasteiger partial charge in [0.05, 0.1) is 10.0 Å². The maximum atomic E-state index is 11.7. The highest BCUT2D eigenvalue weighted by Gasteiger charge is 2.21. The van der Waals surface area contributed by atoms with Crippen molar-refractivity contribution in [3.8, 4) is 0 Å². The Hall–Kier alpha value is -1.26. The van der Waals surface area contributed by atoms with Gasteiger partial charge in [-0.2, -0.15) is 0 Å². The van der Waals surface area contributed by atoms with E-state index >= 15 is 0 Å². The first-order chi connectivity index (χ1) is 9.06. The number of anilines is 1. The summed E-state index contributed by atoms with van der Waals surface area (Å²) >= 11 is 11.6. The van der Waals surface area contributed by atoms with Crippen LogP contribution in [0.3, 0.4) is 0 Å². The van der Waals surface area contributed by atoms with E-state index in [1.165, 1.54) is 6.07 Å². The van der Waals surface area contributed by atoms with E-state index in [1.54, 1.807) is 12.1 Å². The Bertz CT molecular complexity index is 499. The van der Waals surface area contributed by atoms with E-state index in [-0.39, 0.29) is 6.04 Å². The molecule has 0 aliphatic heterocycles. The third-order valence-electron chi connectivity index (χ3n) is 3.07. The van der Waals surface area contributed by atoms with Gasteiger partial charge in [-0.15, -0.1) is 0 Å². The molecule has 2 amide bonds. The van der Waals surface area contributed by atoms with Crippen LogP contribution in [0.1, 0.15) is 25.7 Å². The van der Waals surface area contributed by atoms with Gasteiger partial charge in [-0.1, -0.05) is 36.0 Å². The lowest BCUT2D eigenvalue weighted by molar-refractivity contribution is -0.136. The highest BCUT2D eigenvalue weighted by atomic mass is 35.5. The second-order valence-electron chi connectivity index (χ2n) is 4.54. The first-order valence-electron chi connectivity index (χ1n) is 6.13. The molecule has 2 N–H and O–H groups in total. The van der Waals surface area contributed by atoms with Crippen LogP contribution in [0.25, 0.3) is 0 Å². The molecule has 1 aliphatic rings. The van der Waals surface area contributed by atoms with Gasteiger partial charge in [-0.25, -0.2) is 0 Å². The summed E-state index contributed by atoms with van der Waals surface area (Å²) in [6.07, 6.45) is 4.07. The zero-order chi connectivity index (χ0) is 13.8. The number of benzene rings is 1. The van der Waals surface area contributed by atoms with Gasteiger partial charge < -0.3 is 10.6 Å². The fraction of sp³-hybridized carbons (Fsp3) is 0.385. The summed E-state index contributed by atoms with van der Waals surface area (Å²) in [5.41, 5.74) is 0.445. The largest absolute Gasteiger partial charge is 0.345 e. The van der Waals surface area contributed by atoms with Gasteiger partial charge in [0.1, 0.15) is 0 Å². The van der Waals surface area contributed by atoms with E-state index in [2.05, 4.69) is 10.6 Å². The second-order valence-corrected chi connectivity index (χ2v) is 5.35. The molecule has 6 heteroatoms. The maximum Gasteiger partial charge on any atom is 0.313 e. The summed E-state index contributed by atoms with van der Waals surface area (Å²) in [6, 6.07) is 4.78. The first kappa shape index (κ1) is 14.2. The SMILES string of the molecule is O=C(Nc1ccc(Cl)c(Cl)c1)C(=O)NC1CCCC1. The van der Waals surface area contributed by atoms with E-state index < -0.39 is 11.8 Å². The summed E-state index contributed by atoms with van der Waals surface area (Å²) < 4.78 is 0. The number of carbonyl (C=O) groups is 2. The third kappa shape index (κ3) is 3.85. The number of nitrogens with one attached hydrogen (secondary N) is 2. The molecule has 0 spiro atoms. The molecule has 19 heavy (non-hydrogen) atoms. The second kappa shape index (κ2) is 6.26. The molecule has 0 aromatic heterocycles. The molecule has 0 bridgehead atoms. The Balaban J connectivity index is 1.92. The molecule has 1 fully saturated rings. The average Bonchev–Trinajstić information content (AvgIpc) is 2.86. The lowest BCUT2D eigenvalue weighted by Gasteiger charge is -2.11. The third-order valence-corrected chi connectivity index (χ3v) is 3.81. The Kier molecular flexibility index (Phi) is 4.66. The van der Waals surface area contributed by atoms with Gasteiger partial charge in [0.25, 0.3) is 0 Å². The van der Waals surface area contributed by atoms with Gasteiger partial charge in [0, 0.05) is 11.7 Å². The minimum atomic E-state index is -0.690. The van der Waals surface area contributed by atoms with Crippen LogP contribution >= 0.6 is 23.2 Å². The molecular formula is C13H14Cl2N2O2. The van der Waals surface area contributed by atoms with Crippen molar-refractivity contribution in [3.05, 3.63) is 28.2 Å². The monoisotopic (exact) mass is 300 g/mol. The summed E-state index contributed by atoms with van der Waals surface area (Å²) in [4.78, 5) is 23.4. The van der Waals surface area contributed by atoms with Gasteiger partial charge in [-0.3, -0.25) is 9.59 Å². The molecule has 1 saturated carbocycles. The Morgan fingerprint density at radius 3 is 2.37 bits per heavy atom. The minimum Gasteiger partial charge on any atom is -0.345 e. The molecule has 1 aromatic rings. The number of amides is 2. The lowest BCUT2D eigenvalue weighted by Crippen LogP contribution is -2.40. The molecule has 0 saturated heterocycles. The summed E-state index contributed by atoms with van der Waals surface area (Å²) in [7, 11) is 0. The van der Waals surface area contributed by atoms with Crippen molar-refractivity contribution in [1.29, 1.82) is 0 Å². The van der Waals surface area contributed by atoms with Crippen molar-refractivity contribution >= 4 is 40.7 Å². The first-order valence-corrected chi connectivity index (χ1v) is 6.89. The summed E-state index contributed by atoms with van der Waals surface area (Å²) in [5.74, 6) is -1.30. The molecule has 0 unspecified atom stereocenters. The predicted molar refractivity (Wildman–Crippen MR) is 75.5 cm³/mol. The molecule has 1 aromatic carbocycles. The zero-order valence-corrected chi connectivity index (χ0v) is 11.7. The number of hydrogen-bond donors (Lipinski definition) is 2. The van der Waals surface area contributed by atoms with Crippen LogP contribution in [0, 0.1) is 0 Å². The van der Waals surface area contributed by atoms with Crippen molar-refractivity contribution in [1.82, 2.24) is 5.32 Å². The van der Waals surface area contributed by atoms with Crippen LogP contribution in [0.4, 0.5) is 5.69 Å². The average molecular weight is 301 g/mol. The molecule has 4 nitrogen and oxygen atoms in total. The van der Waals surface area contributed by atoms with Crippen LogP contribution in [-0.2, 0) is 9.59 Å². The van der Waals surface area contributed by atoms with Crippen molar-refractivity contribution in [2.24, 2.45) is 0 Å². The molecule has 0 atom stereocenters. The normalized spacial score (nSPS) is 15.3. The van der Waals surface area contributed by atoms with Gasteiger partial charge in [-0.05, 0) is 31.0 Å². The standard InChI is InChI=1S/C13H14Cl2N2O2/c14-10-6-5-9(7-11(10)15)17-13(19)12(18)16-8-3-1-2-4-8/h5-8H,1-4H2,(H,16,18)(H,17,19).